The lowest BCUT2D eigenvalue weighted by molar-refractivity contribution is 0.00534. The van der Waals surface area contributed by atoms with Crippen LogP contribution in [0.1, 0.15) is 37.4 Å². The molecule has 0 unspecified atom stereocenters. The van der Waals surface area contributed by atoms with Gasteiger partial charge in [0.1, 0.15) is 0 Å². The predicted octanol–water partition coefficient (Wildman–Crippen LogP) is 3.83. The Morgan fingerprint density at radius 3 is 2.58 bits per heavy atom. The topological polar surface area (TPSA) is 61.8 Å². The normalized spacial score (nSPS) is 15.3. The van der Waals surface area contributed by atoms with Crippen molar-refractivity contribution in [3.63, 3.8) is 0 Å². The molecule has 31 heavy (non-hydrogen) atoms. The van der Waals surface area contributed by atoms with E-state index < -0.39 is 0 Å². The van der Waals surface area contributed by atoms with Crippen LogP contribution in [0.4, 0.5) is 0 Å². The van der Waals surface area contributed by atoms with Crippen molar-refractivity contribution >= 4 is 29.9 Å². The molecule has 0 bridgehead atoms. The van der Waals surface area contributed by atoms with E-state index in [1.54, 1.807) is 6.20 Å². The van der Waals surface area contributed by atoms with E-state index in [9.17, 15) is 0 Å². The Kier molecular flexibility index (Phi) is 12.5. The van der Waals surface area contributed by atoms with Crippen LogP contribution in [0.2, 0.25) is 0 Å². The second-order valence-corrected chi connectivity index (χ2v) is 7.63. The molecule has 2 aromatic rings. The Morgan fingerprint density at radius 2 is 1.87 bits per heavy atom. The molecule has 3 rings (SSSR count). The van der Waals surface area contributed by atoms with Gasteiger partial charge in [-0.25, -0.2) is 4.99 Å². The summed E-state index contributed by atoms with van der Waals surface area (Å²) in [5.41, 5.74) is 2.36. The highest BCUT2D eigenvalue weighted by atomic mass is 127. The number of guanidine groups is 1. The molecule has 1 saturated heterocycles. The van der Waals surface area contributed by atoms with Crippen molar-refractivity contribution in [1.29, 1.82) is 0 Å². The first-order valence-corrected chi connectivity index (χ1v) is 11.1. The first kappa shape index (κ1) is 25.5. The second kappa shape index (κ2) is 15.2. The number of nitrogens with zero attached hydrogens (tertiary/aromatic N) is 3. The molecule has 0 spiro atoms. The number of hydrogen-bond donors (Lipinski definition) is 2. The van der Waals surface area contributed by atoms with E-state index >= 15 is 0 Å². The number of rotatable bonds is 10. The van der Waals surface area contributed by atoms with Gasteiger partial charge in [-0.3, -0.25) is 9.88 Å². The minimum Gasteiger partial charge on any atom is -0.378 e. The number of aliphatic imine (C=N–C) groups is 1. The fourth-order valence-corrected chi connectivity index (χ4v) is 3.60. The van der Waals surface area contributed by atoms with Gasteiger partial charge in [0.25, 0.3) is 0 Å². The number of piperidine rings is 1. The Balaban J connectivity index is 0.00000341. The van der Waals surface area contributed by atoms with Gasteiger partial charge in [0.2, 0.25) is 0 Å². The summed E-state index contributed by atoms with van der Waals surface area (Å²) in [7, 11) is 0. The fraction of sp³-hybridized carbons (Fsp3) is 0.500. The van der Waals surface area contributed by atoms with E-state index in [-0.39, 0.29) is 24.0 Å². The first-order valence-electron chi connectivity index (χ1n) is 11.1. The van der Waals surface area contributed by atoms with Crippen LogP contribution in [0.25, 0.3) is 0 Å². The molecular formula is C24H36IN5O. The number of nitrogens with one attached hydrogen (secondary N) is 2. The predicted molar refractivity (Wildman–Crippen MR) is 138 cm³/mol. The van der Waals surface area contributed by atoms with Gasteiger partial charge in [0.05, 0.1) is 18.3 Å². The number of ether oxygens (including phenoxy) is 1. The van der Waals surface area contributed by atoms with Gasteiger partial charge >= 0.3 is 0 Å². The highest BCUT2D eigenvalue weighted by Crippen LogP contribution is 2.16. The summed E-state index contributed by atoms with van der Waals surface area (Å²) >= 11 is 0. The van der Waals surface area contributed by atoms with Crippen LogP contribution in [-0.4, -0.2) is 54.7 Å². The van der Waals surface area contributed by atoms with Gasteiger partial charge in [-0.1, -0.05) is 36.4 Å². The molecule has 1 aliphatic rings. The third-order valence-corrected chi connectivity index (χ3v) is 5.22. The molecule has 1 aliphatic heterocycles. The van der Waals surface area contributed by atoms with Crippen LogP contribution in [0.15, 0.2) is 59.7 Å². The summed E-state index contributed by atoms with van der Waals surface area (Å²) in [4.78, 5) is 11.4. The van der Waals surface area contributed by atoms with Crippen molar-refractivity contribution in [2.75, 3.05) is 32.8 Å². The van der Waals surface area contributed by atoms with Crippen molar-refractivity contribution in [3.8, 4) is 0 Å². The van der Waals surface area contributed by atoms with Gasteiger partial charge in [0.15, 0.2) is 5.96 Å². The fourth-order valence-electron chi connectivity index (χ4n) is 3.60. The monoisotopic (exact) mass is 537 g/mol. The lowest BCUT2D eigenvalue weighted by atomic mass is 10.1. The molecule has 0 atom stereocenters. The molecule has 0 saturated carbocycles. The zero-order chi connectivity index (χ0) is 20.9. The Hall–Kier alpha value is -1.71. The van der Waals surface area contributed by atoms with Crippen molar-refractivity contribution in [2.45, 2.75) is 45.4 Å². The number of likely N-dealkylation sites (tertiary alicyclic amines) is 1. The van der Waals surface area contributed by atoms with Gasteiger partial charge < -0.3 is 15.4 Å². The summed E-state index contributed by atoms with van der Waals surface area (Å²) < 4.78 is 6.12. The molecule has 1 aromatic heterocycles. The Bertz CT molecular complexity index is 736. The molecule has 7 heteroatoms. The van der Waals surface area contributed by atoms with E-state index in [2.05, 4.69) is 62.8 Å². The minimum absolute atomic E-state index is 0. The van der Waals surface area contributed by atoms with Crippen molar-refractivity contribution in [2.24, 2.45) is 4.99 Å². The third-order valence-electron chi connectivity index (χ3n) is 5.22. The van der Waals surface area contributed by atoms with E-state index in [1.165, 1.54) is 5.56 Å². The highest BCUT2D eigenvalue weighted by molar-refractivity contribution is 14.0. The first-order chi connectivity index (χ1) is 14.8. The summed E-state index contributed by atoms with van der Waals surface area (Å²) in [5, 5.41) is 6.67. The van der Waals surface area contributed by atoms with Crippen LogP contribution >= 0.6 is 24.0 Å². The maximum Gasteiger partial charge on any atom is 0.191 e. The van der Waals surface area contributed by atoms with Crippen molar-refractivity contribution in [1.82, 2.24) is 20.5 Å². The number of benzene rings is 1. The van der Waals surface area contributed by atoms with Crippen LogP contribution in [-0.2, 0) is 17.8 Å². The van der Waals surface area contributed by atoms with E-state index in [4.69, 9.17) is 4.74 Å². The molecular weight excluding hydrogens is 501 g/mol. The molecule has 6 nitrogen and oxygen atoms in total. The van der Waals surface area contributed by atoms with E-state index in [1.807, 2.05) is 18.2 Å². The van der Waals surface area contributed by atoms with Crippen LogP contribution in [0.5, 0.6) is 0 Å². The molecule has 0 radical (unpaired) electrons. The average Bonchev–Trinajstić information content (AvgIpc) is 2.79. The number of halogens is 1. The zero-order valence-electron chi connectivity index (χ0n) is 18.5. The standard InChI is InChI=1S/C24H35N5O.HI/c1-2-25-24(28-19-22-11-6-7-14-26-22)27-15-8-18-30-23-12-16-29(17-13-23)20-21-9-4-3-5-10-21;/h3-7,9-11,14,23H,2,8,12-13,15-20H2,1H3,(H2,25,27,28);1H. The van der Waals surface area contributed by atoms with Gasteiger partial charge in [-0.15, -0.1) is 24.0 Å². The molecule has 2 heterocycles. The average molecular weight is 537 g/mol. The SMILES string of the molecule is CCNC(=NCc1ccccn1)NCCCOC1CCN(Cc2ccccc2)CC1.I. The number of aromatic nitrogens is 1. The lowest BCUT2D eigenvalue weighted by Crippen LogP contribution is -2.38. The van der Waals surface area contributed by atoms with E-state index in [0.29, 0.717) is 12.6 Å². The molecule has 0 aliphatic carbocycles. The van der Waals surface area contributed by atoms with Gasteiger partial charge in [-0.2, -0.15) is 0 Å². The quantitative estimate of drug-likeness (QED) is 0.209. The largest absolute Gasteiger partial charge is 0.378 e. The van der Waals surface area contributed by atoms with Crippen molar-refractivity contribution < 1.29 is 4.74 Å². The Morgan fingerprint density at radius 1 is 1.10 bits per heavy atom. The second-order valence-electron chi connectivity index (χ2n) is 7.63. The molecule has 1 fully saturated rings. The smallest absolute Gasteiger partial charge is 0.191 e. The van der Waals surface area contributed by atoms with Crippen LogP contribution in [0, 0.1) is 0 Å². The zero-order valence-corrected chi connectivity index (χ0v) is 20.8. The summed E-state index contributed by atoms with van der Waals surface area (Å²) in [6, 6.07) is 16.6. The maximum atomic E-state index is 6.12. The van der Waals surface area contributed by atoms with Gasteiger partial charge in [0, 0.05) is 45.5 Å². The number of pyridine rings is 1. The molecule has 0 amide bonds. The summed E-state index contributed by atoms with van der Waals surface area (Å²) in [6.07, 6.45) is 5.40. The summed E-state index contributed by atoms with van der Waals surface area (Å²) in [6.45, 7) is 8.40. The van der Waals surface area contributed by atoms with Crippen LogP contribution < -0.4 is 10.6 Å². The third kappa shape index (κ3) is 9.97. The van der Waals surface area contributed by atoms with Crippen LogP contribution in [0.3, 0.4) is 0 Å². The highest BCUT2D eigenvalue weighted by Gasteiger charge is 2.19. The lowest BCUT2D eigenvalue weighted by Gasteiger charge is -2.32. The summed E-state index contributed by atoms with van der Waals surface area (Å²) in [5.74, 6) is 0.831. The Labute approximate surface area is 203 Å². The number of hydrogen-bond acceptors (Lipinski definition) is 4. The maximum absolute atomic E-state index is 6.12. The molecule has 170 valence electrons. The van der Waals surface area contributed by atoms with Crippen molar-refractivity contribution in [3.05, 3.63) is 66.0 Å². The van der Waals surface area contributed by atoms with E-state index in [0.717, 1.165) is 70.2 Å². The van der Waals surface area contributed by atoms with Gasteiger partial charge in [-0.05, 0) is 43.9 Å². The molecule has 1 aromatic carbocycles. The molecule has 2 N–H and O–H groups in total. The minimum atomic E-state index is 0.